The third-order valence-corrected chi connectivity index (χ3v) is 2.99. The average molecular weight is 380 g/mol. The van der Waals surface area contributed by atoms with Crippen molar-refractivity contribution in [3.8, 4) is 0 Å². The third-order valence-electron chi connectivity index (χ3n) is 2.06. The molecule has 2 nitrogen and oxygen atoms in total. The van der Waals surface area contributed by atoms with Gasteiger partial charge in [0.2, 0.25) is 3.79 Å². The zero-order valence-corrected chi connectivity index (χ0v) is 14.6. The maximum Gasteiger partial charge on any atom is 0.501 e. The van der Waals surface area contributed by atoms with E-state index in [0.717, 1.165) is 25.7 Å². The standard InChI is InChI=1S/C11H19BBrCl3O2/c1-3-5-7-17-12(18-8-6-4-2)10(13)9-11(14,15)16/h9H,3-8H2,1-2H3/b10-9-. The first-order valence-corrected chi connectivity index (χ1v) is 8.01. The molecule has 0 bridgehead atoms. The number of hydrogen-bond donors (Lipinski definition) is 0. The Hall–Kier alpha value is 1.07. The number of rotatable bonds is 9. The molecular formula is C11H19BBrCl3O2. The molecule has 0 aliphatic carbocycles. The Labute approximate surface area is 134 Å². The van der Waals surface area contributed by atoms with E-state index in [4.69, 9.17) is 44.1 Å². The van der Waals surface area contributed by atoms with Crippen molar-refractivity contribution < 1.29 is 9.31 Å². The van der Waals surface area contributed by atoms with Crippen LogP contribution in [-0.2, 0) is 9.31 Å². The lowest BCUT2D eigenvalue weighted by atomic mass is 9.89. The summed E-state index contributed by atoms with van der Waals surface area (Å²) in [5.74, 6) is 0. The van der Waals surface area contributed by atoms with Crippen LogP contribution in [0.3, 0.4) is 0 Å². The van der Waals surface area contributed by atoms with Gasteiger partial charge in [0.15, 0.2) is 0 Å². The zero-order valence-electron chi connectivity index (χ0n) is 10.7. The summed E-state index contributed by atoms with van der Waals surface area (Å²) in [7, 11) is -0.501. The molecule has 0 aliphatic rings. The van der Waals surface area contributed by atoms with Crippen LogP contribution in [0.25, 0.3) is 0 Å². The fourth-order valence-corrected chi connectivity index (χ4v) is 2.46. The summed E-state index contributed by atoms with van der Waals surface area (Å²) in [5, 5.41) is 0. The van der Waals surface area contributed by atoms with Gasteiger partial charge in [-0.3, -0.25) is 0 Å². The Morgan fingerprint density at radius 3 is 1.89 bits per heavy atom. The Morgan fingerprint density at radius 1 is 1.11 bits per heavy atom. The first-order valence-electron chi connectivity index (χ1n) is 6.08. The zero-order chi connectivity index (χ0) is 14.0. The van der Waals surface area contributed by atoms with Crippen LogP contribution in [0.15, 0.2) is 10.5 Å². The SMILES string of the molecule is CCCCOB(OCCCC)/C(Br)=C/C(Cl)(Cl)Cl. The number of allylic oxidation sites excluding steroid dienone is 1. The highest BCUT2D eigenvalue weighted by Gasteiger charge is 2.26. The second kappa shape index (κ2) is 10.8. The van der Waals surface area contributed by atoms with Crippen molar-refractivity contribution in [3.05, 3.63) is 10.5 Å². The summed E-state index contributed by atoms with van der Waals surface area (Å²) in [6.07, 6.45) is 5.53. The predicted octanol–water partition coefficient (Wildman–Crippen LogP) is 5.30. The molecule has 0 amide bonds. The lowest BCUT2D eigenvalue weighted by molar-refractivity contribution is 0.200. The Kier molecular flexibility index (Phi) is 11.5. The second-order valence-corrected chi connectivity index (χ2v) is 7.14. The summed E-state index contributed by atoms with van der Waals surface area (Å²) in [6, 6.07) is 0. The minimum Gasteiger partial charge on any atom is -0.407 e. The predicted molar refractivity (Wildman–Crippen MR) is 84.8 cm³/mol. The van der Waals surface area contributed by atoms with Crippen molar-refractivity contribution in [3.63, 3.8) is 0 Å². The third kappa shape index (κ3) is 10.9. The molecular weight excluding hydrogens is 361 g/mol. The molecule has 0 rings (SSSR count). The largest absolute Gasteiger partial charge is 0.501 e. The van der Waals surface area contributed by atoms with E-state index in [1.807, 2.05) is 0 Å². The number of halogens is 4. The molecule has 0 aliphatic heterocycles. The molecule has 7 heteroatoms. The van der Waals surface area contributed by atoms with Gasteiger partial charge in [-0.05, 0) is 18.9 Å². The molecule has 0 radical (unpaired) electrons. The van der Waals surface area contributed by atoms with Crippen LogP contribution < -0.4 is 0 Å². The molecule has 0 N–H and O–H groups in total. The van der Waals surface area contributed by atoms with Crippen LogP contribution in [0.2, 0.25) is 0 Å². The van der Waals surface area contributed by atoms with Crippen LogP contribution in [-0.4, -0.2) is 24.1 Å². The molecule has 0 spiro atoms. The average Bonchev–Trinajstić information content (AvgIpc) is 2.25. The number of unbranched alkanes of at least 4 members (excludes halogenated alkanes) is 2. The molecule has 0 aromatic carbocycles. The van der Waals surface area contributed by atoms with Crippen molar-refractivity contribution in [1.82, 2.24) is 0 Å². The fourth-order valence-electron chi connectivity index (χ4n) is 1.10. The fraction of sp³-hybridized carbons (Fsp3) is 0.818. The summed E-state index contributed by atoms with van der Waals surface area (Å²) < 4.78 is 10.4. The summed E-state index contributed by atoms with van der Waals surface area (Å²) in [5.41, 5.74) is 0. The van der Waals surface area contributed by atoms with Crippen molar-refractivity contribution >= 4 is 57.9 Å². The van der Waals surface area contributed by atoms with Gasteiger partial charge in [-0.1, -0.05) is 77.4 Å². The topological polar surface area (TPSA) is 18.5 Å². The first kappa shape index (κ1) is 19.1. The Bertz CT molecular complexity index is 237. The van der Waals surface area contributed by atoms with E-state index in [1.165, 1.54) is 6.08 Å². The first-order chi connectivity index (χ1) is 8.40. The van der Waals surface area contributed by atoms with Crippen LogP contribution in [0.1, 0.15) is 39.5 Å². The van der Waals surface area contributed by atoms with Crippen molar-refractivity contribution in [2.45, 2.75) is 43.3 Å². The summed E-state index contributed by atoms with van der Waals surface area (Å²) in [4.78, 5) is 0. The van der Waals surface area contributed by atoms with Gasteiger partial charge in [0.25, 0.3) is 0 Å². The molecule has 106 valence electrons. The molecule has 0 fully saturated rings. The van der Waals surface area contributed by atoms with Gasteiger partial charge in [0.1, 0.15) is 0 Å². The van der Waals surface area contributed by atoms with E-state index >= 15 is 0 Å². The lowest BCUT2D eigenvalue weighted by Gasteiger charge is -2.15. The van der Waals surface area contributed by atoms with E-state index < -0.39 is 10.9 Å². The van der Waals surface area contributed by atoms with Crippen LogP contribution in [0, 0.1) is 0 Å². The van der Waals surface area contributed by atoms with Crippen molar-refractivity contribution in [1.29, 1.82) is 0 Å². The monoisotopic (exact) mass is 378 g/mol. The minimum atomic E-state index is -1.46. The minimum absolute atomic E-state index is 0.501. The van der Waals surface area contributed by atoms with E-state index in [-0.39, 0.29) is 0 Å². The normalized spacial score (nSPS) is 12.9. The Balaban J connectivity index is 4.38. The van der Waals surface area contributed by atoms with Crippen molar-refractivity contribution in [2.75, 3.05) is 13.2 Å². The lowest BCUT2D eigenvalue weighted by Crippen LogP contribution is -2.26. The van der Waals surface area contributed by atoms with Gasteiger partial charge in [0.05, 0.1) is 0 Å². The van der Waals surface area contributed by atoms with Gasteiger partial charge in [-0.2, -0.15) is 0 Å². The summed E-state index contributed by atoms with van der Waals surface area (Å²) >= 11 is 20.5. The second-order valence-electron chi connectivity index (χ2n) is 3.85. The van der Waals surface area contributed by atoms with Crippen LogP contribution in [0.4, 0.5) is 0 Å². The molecule has 0 unspecified atom stereocenters. The smallest absolute Gasteiger partial charge is 0.407 e. The van der Waals surface area contributed by atoms with Crippen LogP contribution >= 0.6 is 50.7 Å². The van der Waals surface area contributed by atoms with E-state index in [1.54, 1.807) is 0 Å². The van der Waals surface area contributed by atoms with E-state index in [0.29, 0.717) is 17.6 Å². The van der Waals surface area contributed by atoms with Crippen LogP contribution in [0.5, 0.6) is 0 Å². The van der Waals surface area contributed by atoms with Gasteiger partial charge < -0.3 is 9.31 Å². The van der Waals surface area contributed by atoms with E-state index in [9.17, 15) is 0 Å². The maximum atomic E-state index is 5.71. The summed E-state index contributed by atoms with van der Waals surface area (Å²) in [6.45, 7) is 5.44. The molecule has 0 aromatic heterocycles. The van der Waals surface area contributed by atoms with Gasteiger partial charge in [-0.15, -0.1) is 0 Å². The van der Waals surface area contributed by atoms with Gasteiger partial charge >= 0.3 is 7.12 Å². The molecule has 0 saturated heterocycles. The van der Waals surface area contributed by atoms with Gasteiger partial charge in [-0.25, -0.2) is 0 Å². The highest BCUT2D eigenvalue weighted by molar-refractivity contribution is 9.12. The van der Waals surface area contributed by atoms with Crippen molar-refractivity contribution in [2.24, 2.45) is 0 Å². The Morgan fingerprint density at radius 2 is 1.56 bits per heavy atom. The van der Waals surface area contributed by atoms with E-state index in [2.05, 4.69) is 29.8 Å². The highest BCUT2D eigenvalue weighted by Crippen LogP contribution is 2.31. The molecule has 0 heterocycles. The number of alkyl halides is 3. The maximum absolute atomic E-state index is 5.71. The highest BCUT2D eigenvalue weighted by atomic mass is 79.9. The van der Waals surface area contributed by atoms with Gasteiger partial charge in [0, 0.05) is 17.6 Å². The number of hydrogen-bond acceptors (Lipinski definition) is 2. The molecule has 0 atom stereocenters. The quantitative estimate of drug-likeness (QED) is 0.307. The molecule has 18 heavy (non-hydrogen) atoms. The molecule has 0 aromatic rings. The molecule has 0 saturated carbocycles.